The maximum absolute atomic E-state index is 11.0. The van der Waals surface area contributed by atoms with Gasteiger partial charge in [-0.15, -0.1) is 0 Å². The Morgan fingerprint density at radius 3 is 2.40 bits per heavy atom. The SMILES string of the molecule is CCN1C(=O)N[C@H](C)C1=O. The van der Waals surface area contributed by atoms with E-state index >= 15 is 0 Å². The second kappa shape index (κ2) is 2.28. The number of likely N-dealkylation sites (N-methyl/N-ethyl adjacent to an activating group) is 1. The summed E-state index contributed by atoms with van der Waals surface area (Å²) in [5.41, 5.74) is 0. The first-order valence-electron chi connectivity index (χ1n) is 3.28. The van der Waals surface area contributed by atoms with Crippen LogP contribution in [0.25, 0.3) is 0 Å². The molecular formula is C6H10N2O2. The molecule has 1 aliphatic heterocycles. The molecule has 0 aromatic carbocycles. The third kappa shape index (κ3) is 0.853. The Kier molecular flexibility index (Phi) is 1.61. The molecule has 1 fully saturated rings. The number of carbonyl (C=O) groups is 2. The van der Waals surface area contributed by atoms with E-state index in [4.69, 9.17) is 0 Å². The van der Waals surface area contributed by atoms with E-state index in [9.17, 15) is 9.59 Å². The van der Waals surface area contributed by atoms with Gasteiger partial charge in [0, 0.05) is 6.54 Å². The standard InChI is InChI=1S/C6H10N2O2/c1-3-8-5(9)4(2)7-6(8)10/h4H,3H2,1-2H3,(H,7,10)/t4-/m1/s1. The van der Waals surface area contributed by atoms with Crippen LogP contribution in [0.4, 0.5) is 4.79 Å². The maximum atomic E-state index is 11.0. The molecule has 0 aromatic rings. The van der Waals surface area contributed by atoms with Gasteiger partial charge in [0.2, 0.25) is 0 Å². The van der Waals surface area contributed by atoms with Crippen molar-refractivity contribution in [3.63, 3.8) is 0 Å². The van der Waals surface area contributed by atoms with Gasteiger partial charge in [-0.1, -0.05) is 0 Å². The first-order chi connectivity index (χ1) is 4.66. The number of imide groups is 1. The van der Waals surface area contributed by atoms with E-state index in [1.165, 1.54) is 4.90 Å². The molecular weight excluding hydrogens is 132 g/mol. The minimum absolute atomic E-state index is 0.132. The highest BCUT2D eigenvalue weighted by molar-refractivity contribution is 6.03. The smallest absolute Gasteiger partial charge is 0.324 e. The fraction of sp³-hybridized carbons (Fsp3) is 0.667. The fourth-order valence-electron chi connectivity index (χ4n) is 0.958. The zero-order valence-corrected chi connectivity index (χ0v) is 6.05. The highest BCUT2D eigenvalue weighted by atomic mass is 16.2. The molecule has 10 heavy (non-hydrogen) atoms. The van der Waals surface area contributed by atoms with E-state index in [1.807, 2.05) is 0 Å². The number of nitrogens with one attached hydrogen (secondary N) is 1. The van der Waals surface area contributed by atoms with Crippen molar-refractivity contribution in [2.24, 2.45) is 0 Å². The van der Waals surface area contributed by atoms with E-state index < -0.39 is 0 Å². The summed E-state index contributed by atoms with van der Waals surface area (Å²) in [4.78, 5) is 23.0. The van der Waals surface area contributed by atoms with Crippen LogP contribution in [0.5, 0.6) is 0 Å². The highest BCUT2D eigenvalue weighted by Gasteiger charge is 2.33. The Labute approximate surface area is 59.2 Å². The molecule has 1 rings (SSSR count). The third-order valence-electron chi connectivity index (χ3n) is 1.54. The van der Waals surface area contributed by atoms with Crippen molar-refractivity contribution in [2.75, 3.05) is 6.54 Å². The predicted molar refractivity (Wildman–Crippen MR) is 35.4 cm³/mol. The lowest BCUT2D eigenvalue weighted by Crippen LogP contribution is -2.30. The molecule has 1 heterocycles. The van der Waals surface area contributed by atoms with Gasteiger partial charge in [0.1, 0.15) is 6.04 Å². The zero-order chi connectivity index (χ0) is 7.72. The molecule has 1 saturated heterocycles. The molecule has 4 nitrogen and oxygen atoms in total. The number of nitrogens with zero attached hydrogens (tertiary/aromatic N) is 1. The average molecular weight is 142 g/mol. The monoisotopic (exact) mass is 142 g/mol. The van der Waals surface area contributed by atoms with E-state index in [0.717, 1.165) is 0 Å². The van der Waals surface area contributed by atoms with Crippen molar-refractivity contribution in [2.45, 2.75) is 19.9 Å². The molecule has 4 heteroatoms. The van der Waals surface area contributed by atoms with Crippen LogP contribution < -0.4 is 5.32 Å². The van der Waals surface area contributed by atoms with Gasteiger partial charge in [-0.2, -0.15) is 0 Å². The summed E-state index contributed by atoms with van der Waals surface area (Å²) in [6, 6.07) is -0.618. The second-order valence-corrected chi connectivity index (χ2v) is 2.25. The minimum Gasteiger partial charge on any atom is -0.326 e. The molecule has 0 unspecified atom stereocenters. The molecule has 0 radical (unpaired) electrons. The van der Waals surface area contributed by atoms with Crippen LogP contribution in [0.15, 0.2) is 0 Å². The van der Waals surface area contributed by atoms with Gasteiger partial charge in [0.25, 0.3) is 5.91 Å². The van der Waals surface area contributed by atoms with Gasteiger partial charge in [-0.05, 0) is 13.8 Å². The van der Waals surface area contributed by atoms with Crippen molar-refractivity contribution >= 4 is 11.9 Å². The fourth-order valence-corrected chi connectivity index (χ4v) is 0.958. The second-order valence-electron chi connectivity index (χ2n) is 2.25. The van der Waals surface area contributed by atoms with Crippen LogP contribution in [0.2, 0.25) is 0 Å². The Morgan fingerprint density at radius 2 is 2.20 bits per heavy atom. The molecule has 1 N–H and O–H groups in total. The van der Waals surface area contributed by atoms with E-state index in [0.29, 0.717) is 6.54 Å². The van der Waals surface area contributed by atoms with Gasteiger partial charge in [0.05, 0.1) is 0 Å². The lowest BCUT2D eigenvalue weighted by atomic mass is 10.3. The quantitative estimate of drug-likeness (QED) is 0.522. The van der Waals surface area contributed by atoms with Crippen molar-refractivity contribution in [1.29, 1.82) is 0 Å². The van der Waals surface area contributed by atoms with Gasteiger partial charge in [-0.3, -0.25) is 9.69 Å². The summed E-state index contributed by atoms with van der Waals surface area (Å²) in [6.45, 7) is 3.90. The van der Waals surface area contributed by atoms with E-state index in [-0.39, 0.29) is 18.0 Å². The summed E-state index contributed by atoms with van der Waals surface area (Å²) in [7, 11) is 0. The van der Waals surface area contributed by atoms with Crippen LogP contribution in [-0.2, 0) is 4.79 Å². The van der Waals surface area contributed by atoms with Crippen LogP contribution in [-0.4, -0.2) is 29.4 Å². The predicted octanol–water partition coefficient (Wildman–Crippen LogP) is -0.0534. The Morgan fingerprint density at radius 1 is 1.60 bits per heavy atom. The number of hydrogen-bond acceptors (Lipinski definition) is 2. The van der Waals surface area contributed by atoms with Crippen LogP contribution >= 0.6 is 0 Å². The Bertz CT molecular complexity index is 179. The topological polar surface area (TPSA) is 49.4 Å². The lowest BCUT2D eigenvalue weighted by molar-refractivity contribution is -0.126. The summed E-state index contributed by atoms with van der Waals surface area (Å²) >= 11 is 0. The largest absolute Gasteiger partial charge is 0.326 e. The summed E-state index contributed by atoms with van der Waals surface area (Å²) in [6.07, 6.45) is 0. The number of amides is 3. The summed E-state index contributed by atoms with van der Waals surface area (Å²) in [5, 5.41) is 2.50. The average Bonchev–Trinajstić information content (AvgIpc) is 2.09. The van der Waals surface area contributed by atoms with Crippen LogP contribution in [0.1, 0.15) is 13.8 Å². The Balaban J connectivity index is 2.74. The highest BCUT2D eigenvalue weighted by Crippen LogP contribution is 2.03. The lowest BCUT2D eigenvalue weighted by Gasteiger charge is -2.06. The van der Waals surface area contributed by atoms with Crippen molar-refractivity contribution in [1.82, 2.24) is 10.2 Å². The molecule has 0 saturated carbocycles. The van der Waals surface area contributed by atoms with Crippen molar-refractivity contribution < 1.29 is 9.59 Å². The van der Waals surface area contributed by atoms with Gasteiger partial charge in [0.15, 0.2) is 0 Å². The zero-order valence-electron chi connectivity index (χ0n) is 6.05. The molecule has 0 aliphatic carbocycles. The van der Waals surface area contributed by atoms with Crippen molar-refractivity contribution in [3.05, 3.63) is 0 Å². The number of carbonyl (C=O) groups excluding carboxylic acids is 2. The maximum Gasteiger partial charge on any atom is 0.324 e. The summed E-state index contributed by atoms with van der Waals surface area (Å²) < 4.78 is 0. The number of urea groups is 1. The van der Waals surface area contributed by atoms with Gasteiger partial charge in [-0.25, -0.2) is 4.79 Å². The normalized spacial score (nSPS) is 25.4. The van der Waals surface area contributed by atoms with Crippen LogP contribution in [0, 0.1) is 0 Å². The summed E-state index contributed by atoms with van der Waals surface area (Å²) in [5.74, 6) is -0.132. The molecule has 0 aromatic heterocycles. The Hall–Kier alpha value is -1.06. The molecule has 1 atom stereocenters. The minimum atomic E-state index is -0.340. The van der Waals surface area contributed by atoms with Crippen LogP contribution in [0.3, 0.4) is 0 Å². The van der Waals surface area contributed by atoms with E-state index in [1.54, 1.807) is 13.8 Å². The molecule has 0 bridgehead atoms. The first kappa shape index (κ1) is 7.05. The van der Waals surface area contributed by atoms with Gasteiger partial charge < -0.3 is 5.32 Å². The molecule has 1 aliphatic rings. The number of hydrogen-bond donors (Lipinski definition) is 1. The molecule has 56 valence electrons. The first-order valence-corrected chi connectivity index (χ1v) is 3.28. The number of rotatable bonds is 1. The van der Waals surface area contributed by atoms with Gasteiger partial charge >= 0.3 is 6.03 Å². The molecule has 0 spiro atoms. The van der Waals surface area contributed by atoms with E-state index in [2.05, 4.69) is 5.32 Å². The van der Waals surface area contributed by atoms with Crippen molar-refractivity contribution in [3.8, 4) is 0 Å². The third-order valence-corrected chi connectivity index (χ3v) is 1.54. The molecule has 3 amide bonds.